The Balaban J connectivity index is 1.81. The van der Waals surface area contributed by atoms with Gasteiger partial charge in [-0.2, -0.15) is 0 Å². The molecule has 1 N–H and O–H groups in total. The molecule has 0 unspecified atom stereocenters. The van der Waals surface area contributed by atoms with Crippen LogP contribution in [-0.4, -0.2) is 30.7 Å². The van der Waals surface area contributed by atoms with Crippen molar-refractivity contribution in [2.75, 3.05) is 24.5 Å². The van der Waals surface area contributed by atoms with E-state index in [9.17, 15) is 0 Å². The molecule has 1 atom stereocenters. The molecule has 0 spiro atoms. The van der Waals surface area contributed by atoms with Crippen LogP contribution in [0.5, 0.6) is 0 Å². The molecule has 4 heteroatoms. The van der Waals surface area contributed by atoms with E-state index < -0.39 is 0 Å². The van der Waals surface area contributed by atoms with E-state index in [1.807, 2.05) is 17.5 Å². The van der Waals surface area contributed by atoms with Crippen LogP contribution in [0, 0.1) is 0 Å². The fourth-order valence-corrected chi connectivity index (χ4v) is 4.03. The zero-order chi connectivity index (χ0) is 12.7. The smallest absolute Gasteiger partial charge is 0.132 e. The fourth-order valence-electron chi connectivity index (χ4n) is 3.25. The summed E-state index contributed by atoms with van der Waals surface area (Å²) in [7, 11) is 0. The molecule has 19 heavy (non-hydrogen) atoms. The minimum Gasteiger partial charge on any atom is -0.351 e. The molecule has 0 radical (unpaired) electrons. The van der Waals surface area contributed by atoms with Crippen molar-refractivity contribution in [1.82, 2.24) is 10.3 Å². The monoisotopic (exact) mass is 271 g/mol. The predicted molar refractivity (Wildman–Crippen MR) is 79.9 cm³/mol. The number of nitrogens with zero attached hydrogens (tertiary/aromatic N) is 2. The van der Waals surface area contributed by atoms with E-state index in [0.29, 0.717) is 6.04 Å². The van der Waals surface area contributed by atoms with Crippen molar-refractivity contribution in [1.29, 1.82) is 0 Å². The van der Waals surface area contributed by atoms with Gasteiger partial charge in [0.25, 0.3) is 0 Å². The van der Waals surface area contributed by atoms with Crippen LogP contribution in [0.3, 0.4) is 0 Å². The quantitative estimate of drug-likeness (QED) is 0.864. The Morgan fingerprint density at radius 2 is 2.37 bits per heavy atom. The number of rotatable bonds is 1. The Morgan fingerprint density at radius 3 is 3.26 bits per heavy atom. The second kappa shape index (κ2) is 4.62. The van der Waals surface area contributed by atoms with E-state index in [2.05, 4.69) is 38.8 Å². The third kappa shape index (κ3) is 1.86. The van der Waals surface area contributed by atoms with Crippen molar-refractivity contribution in [2.45, 2.75) is 18.9 Å². The first-order valence-corrected chi connectivity index (χ1v) is 7.80. The lowest BCUT2D eigenvalue weighted by Gasteiger charge is -2.41. The van der Waals surface area contributed by atoms with Crippen LogP contribution < -0.4 is 10.2 Å². The van der Waals surface area contributed by atoms with Crippen molar-refractivity contribution in [3.63, 3.8) is 0 Å². The number of piperazine rings is 1. The van der Waals surface area contributed by atoms with Gasteiger partial charge in [0.1, 0.15) is 5.82 Å². The molecule has 0 aromatic carbocycles. The van der Waals surface area contributed by atoms with E-state index in [-0.39, 0.29) is 0 Å². The lowest BCUT2D eigenvalue weighted by atomic mass is 9.93. The van der Waals surface area contributed by atoms with Crippen molar-refractivity contribution < 1.29 is 0 Å². The molecule has 2 aliphatic rings. The second-order valence-electron chi connectivity index (χ2n) is 5.23. The highest BCUT2D eigenvalue weighted by Crippen LogP contribution is 2.37. The Bertz CT molecular complexity index is 579. The van der Waals surface area contributed by atoms with Crippen LogP contribution in [0.1, 0.15) is 12.0 Å². The highest BCUT2D eigenvalue weighted by molar-refractivity contribution is 7.13. The normalized spacial score (nSPS) is 21.9. The van der Waals surface area contributed by atoms with Gasteiger partial charge in [0.05, 0.1) is 0 Å². The molecule has 3 nitrogen and oxygen atoms in total. The maximum Gasteiger partial charge on any atom is 0.132 e. The van der Waals surface area contributed by atoms with Gasteiger partial charge in [0.15, 0.2) is 0 Å². The number of pyridine rings is 1. The molecule has 2 aromatic heterocycles. The summed E-state index contributed by atoms with van der Waals surface area (Å²) in [4.78, 5) is 8.55. The molecule has 1 saturated heterocycles. The number of fused-ring (bicyclic) bond motifs is 3. The van der Waals surface area contributed by atoms with Crippen LogP contribution >= 0.6 is 11.3 Å². The lowest BCUT2D eigenvalue weighted by Crippen LogP contribution is -2.53. The first-order valence-electron chi connectivity index (χ1n) is 6.92. The van der Waals surface area contributed by atoms with Crippen molar-refractivity contribution >= 4 is 17.2 Å². The van der Waals surface area contributed by atoms with Gasteiger partial charge >= 0.3 is 0 Å². The number of hydrogen-bond donors (Lipinski definition) is 1. The van der Waals surface area contributed by atoms with Gasteiger partial charge in [0, 0.05) is 47.9 Å². The Kier molecular flexibility index (Phi) is 2.78. The maximum atomic E-state index is 4.68. The maximum absolute atomic E-state index is 4.68. The first-order chi connectivity index (χ1) is 9.43. The van der Waals surface area contributed by atoms with Gasteiger partial charge in [-0.15, -0.1) is 11.3 Å². The van der Waals surface area contributed by atoms with E-state index in [0.717, 1.165) is 26.1 Å². The lowest BCUT2D eigenvalue weighted by molar-refractivity contribution is 0.436. The molecular formula is C15H17N3S. The summed E-state index contributed by atoms with van der Waals surface area (Å²) in [5.74, 6) is 1.23. The van der Waals surface area contributed by atoms with Gasteiger partial charge in [-0.3, -0.25) is 0 Å². The standard InChI is InChI=1S/C15H17N3S/c1-2-14(19-9-1)12-5-6-17-15-13(12)4-3-11-10-16-7-8-18(11)15/h1-2,5-6,9,11,16H,3-4,7-8,10H2/t11-/m1/s1. The molecule has 0 bridgehead atoms. The van der Waals surface area contributed by atoms with Crippen LogP contribution in [0.2, 0.25) is 0 Å². The van der Waals surface area contributed by atoms with Crippen molar-refractivity contribution in [3.05, 3.63) is 35.3 Å². The summed E-state index contributed by atoms with van der Waals surface area (Å²) < 4.78 is 0. The Hall–Kier alpha value is -1.39. The van der Waals surface area contributed by atoms with Crippen LogP contribution in [0.15, 0.2) is 29.8 Å². The van der Waals surface area contributed by atoms with Gasteiger partial charge < -0.3 is 10.2 Å². The van der Waals surface area contributed by atoms with E-state index in [1.54, 1.807) is 0 Å². The van der Waals surface area contributed by atoms with Crippen molar-refractivity contribution in [3.8, 4) is 10.4 Å². The van der Waals surface area contributed by atoms with E-state index in [1.165, 1.54) is 28.2 Å². The summed E-state index contributed by atoms with van der Waals surface area (Å²) in [6, 6.07) is 7.15. The minimum atomic E-state index is 0.632. The topological polar surface area (TPSA) is 28.2 Å². The number of aromatic nitrogens is 1. The summed E-state index contributed by atoms with van der Waals surface area (Å²) in [6.07, 6.45) is 4.36. The average molecular weight is 271 g/mol. The van der Waals surface area contributed by atoms with Gasteiger partial charge in [-0.25, -0.2) is 4.98 Å². The predicted octanol–water partition coefficient (Wildman–Crippen LogP) is 2.53. The Morgan fingerprint density at radius 1 is 1.37 bits per heavy atom. The molecule has 2 aliphatic heterocycles. The molecule has 1 fully saturated rings. The SMILES string of the molecule is c1csc(-c2ccnc3c2CC[C@@H]2CNCCN32)c1. The van der Waals surface area contributed by atoms with Gasteiger partial charge in [-0.1, -0.05) is 6.07 Å². The molecule has 2 aromatic rings. The van der Waals surface area contributed by atoms with E-state index in [4.69, 9.17) is 0 Å². The molecule has 4 heterocycles. The third-order valence-electron chi connectivity index (χ3n) is 4.17. The first kappa shape index (κ1) is 11.4. The minimum absolute atomic E-state index is 0.632. The second-order valence-corrected chi connectivity index (χ2v) is 6.18. The van der Waals surface area contributed by atoms with Crippen molar-refractivity contribution in [2.24, 2.45) is 0 Å². The van der Waals surface area contributed by atoms with Crippen LogP contribution in [0.4, 0.5) is 5.82 Å². The van der Waals surface area contributed by atoms with Gasteiger partial charge in [-0.05, 0) is 30.4 Å². The molecule has 0 amide bonds. The number of nitrogens with one attached hydrogen (secondary N) is 1. The summed E-state index contributed by atoms with van der Waals surface area (Å²) in [6.45, 7) is 3.25. The highest BCUT2D eigenvalue weighted by atomic mass is 32.1. The van der Waals surface area contributed by atoms with Gasteiger partial charge in [0.2, 0.25) is 0 Å². The largest absolute Gasteiger partial charge is 0.351 e. The number of anilines is 1. The summed E-state index contributed by atoms with van der Waals surface area (Å²) in [5.41, 5.74) is 2.83. The van der Waals surface area contributed by atoms with Crippen LogP contribution in [0.25, 0.3) is 10.4 Å². The number of thiophene rings is 1. The Labute approximate surface area is 117 Å². The van der Waals surface area contributed by atoms with E-state index >= 15 is 0 Å². The zero-order valence-corrected chi connectivity index (χ0v) is 11.6. The average Bonchev–Trinajstić information content (AvgIpc) is 3.00. The third-order valence-corrected chi connectivity index (χ3v) is 5.07. The zero-order valence-electron chi connectivity index (χ0n) is 10.8. The summed E-state index contributed by atoms with van der Waals surface area (Å²) >= 11 is 1.82. The van der Waals surface area contributed by atoms with Crippen LogP contribution in [-0.2, 0) is 6.42 Å². The molecule has 4 rings (SSSR count). The summed E-state index contributed by atoms with van der Waals surface area (Å²) in [5, 5.41) is 5.64. The fraction of sp³-hybridized carbons (Fsp3) is 0.400. The molecule has 98 valence electrons. The number of hydrogen-bond acceptors (Lipinski definition) is 4. The molecule has 0 saturated carbocycles. The molecular weight excluding hydrogens is 254 g/mol. The highest BCUT2D eigenvalue weighted by Gasteiger charge is 2.30. The molecule has 0 aliphatic carbocycles.